The maximum Gasteiger partial charge on any atom is 0.295 e. The van der Waals surface area contributed by atoms with Crippen molar-refractivity contribution in [2.24, 2.45) is 0 Å². The Balaban J connectivity index is 2.76. The molecule has 158 valence electrons. The van der Waals surface area contributed by atoms with E-state index in [4.69, 9.17) is 0 Å². The number of hydrogen-bond acceptors (Lipinski definition) is 6. The van der Waals surface area contributed by atoms with Crippen LogP contribution in [0.25, 0.3) is 11.1 Å². The third-order valence-electron chi connectivity index (χ3n) is 3.72. The first-order valence-electron chi connectivity index (χ1n) is 7.97. The topological polar surface area (TPSA) is 167 Å². The Labute approximate surface area is 172 Å². The lowest BCUT2D eigenvalue weighted by Crippen LogP contribution is -2.11. The molecule has 4 N–H and O–H groups in total. The molecule has 0 heterocycles. The summed E-state index contributed by atoms with van der Waals surface area (Å²) in [5.74, 6) is -1.30. The van der Waals surface area contributed by atoms with Gasteiger partial charge in [0.2, 0.25) is 11.8 Å². The molecule has 30 heavy (non-hydrogen) atoms. The van der Waals surface area contributed by atoms with Crippen molar-refractivity contribution in [2.75, 3.05) is 10.6 Å². The lowest BCUT2D eigenvalue weighted by Gasteiger charge is -2.14. The molecule has 0 radical (unpaired) electrons. The molecule has 0 saturated carbocycles. The summed E-state index contributed by atoms with van der Waals surface area (Å²) in [5, 5.41) is 4.62. The van der Waals surface area contributed by atoms with E-state index in [9.17, 15) is 35.5 Å². The van der Waals surface area contributed by atoms with E-state index in [1.54, 1.807) is 0 Å². The summed E-state index contributed by atoms with van der Waals surface area (Å²) >= 11 is 0. The second kappa shape index (κ2) is 8.59. The molecule has 2 aromatic rings. The van der Waals surface area contributed by atoms with Gasteiger partial charge in [0, 0.05) is 22.5 Å². The molecule has 0 unspecified atom stereocenters. The van der Waals surface area contributed by atoms with Gasteiger partial charge in [-0.05, 0) is 36.4 Å². The van der Waals surface area contributed by atoms with Crippen molar-refractivity contribution in [1.82, 2.24) is 0 Å². The summed E-state index contributed by atoms with van der Waals surface area (Å²) in [5.41, 5.74) is -0.578. The van der Waals surface area contributed by atoms with Crippen molar-refractivity contribution in [3.63, 3.8) is 0 Å². The van der Waals surface area contributed by atoms with Crippen LogP contribution in [-0.2, 0) is 29.8 Å². The minimum Gasteiger partial charge on any atom is -0.322 e. The van der Waals surface area contributed by atoms with Crippen LogP contribution in [0.1, 0.15) is 0 Å². The summed E-state index contributed by atoms with van der Waals surface area (Å²) in [4.78, 5) is 21.4. The lowest BCUT2D eigenvalue weighted by molar-refractivity contribution is -0.112. The quantitative estimate of drug-likeness (QED) is 0.366. The molecule has 0 aliphatic carbocycles. The summed E-state index contributed by atoms with van der Waals surface area (Å²) < 4.78 is 66.8. The predicted molar refractivity (Wildman–Crippen MR) is 109 cm³/mol. The standard InChI is InChI=1S/C18H16N2O8S2/c1-3-17(21)19-11-5-7-13(15(9-11)29(23,24)25)14-8-6-12(20-18(22)4-2)10-16(14)30(26,27)28/h3-10H,1-2H2,(H,19,21)(H,20,22)(H,23,24,25)(H,26,27,28). The summed E-state index contributed by atoms with van der Waals surface area (Å²) in [6.07, 6.45) is 1.88. The number of carbonyl (C=O) groups is 2. The highest BCUT2D eigenvalue weighted by molar-refractivity contribution is 7.86. The maximum atomic E-state index is 11.9. The van der Waals surface area contributed by atoms with Gasteiger partial charge < -0.3 is 10.6 Å². The number of hydrogen-bond donors (Lipinski definition) is 4. The molecule has 2 rings (SSSR count). The lowest BCUT2D eigenvalue weighted by atomic mass is 10.0. The Hall–Kier alpha value is -3.32. The van der Waals surface area contributed by atoms with Gasteiger partial charge in [-0.25, -0.2) is 0 Å². The normalized spacial score (nSPS) is 11.4. The van der Waals surface area contributed by atoms with E-state index in [0.29, 0.717) is 0 Å². The van der Waals surface area contributed by atoms with Gasteiger partial charge in [0.25, 0.3) is 20.2 Å². The minimum absolute atomic E-state index is 0.0143. The number of anilines is 2. The van der Waals surface area contributed by atoms with Crippen LogP contribution in [0, 0.1) is 0 Å². The number of carbonyl (C=O) groups excluding carboxylic acids is 2. The molecule has 0 aromatic heterocycles. The monoisotopic (exact) mass is 452 g/mol. The summed E-state index contributed by atoms with van der Waals surface area (Å²) in [7, 11) is -9.76. The highest BCUT2D eigenvalue weighted by Crippen LogP contribution is 2.35. The van der Waals surface area contributed by atoms with Gasteiger partial charge in [-0.15, -0.1) is 0 Å². The zero-order valence-electron chi connectivity index (χ0n) is 15.2. The van der Waals surface area contributed by atoms with Crippen LogP contribution in [0.15, 0.2) is 71.5 Å². The Morgan fingerprint density at radius 3 is 1.33 bits per heavy atom. The first-order valence-corrected chi connectivity index (χ1v) is 10.8. The predicted octanol–water partition coefficient (Wildman–Crippen LogP) is 2.10. The zero-order valence-corrected chi connectivity index (χ0v) is 16.8. The zero-order chi connectivity index (χ0) is 22.7. The number of benzene rings is 2. The van der Waals surface area contributed by atoms with Crippen LogP contribution in [-0.4, -0.2) is 37.8 Å². The third-order valence-corrected chi connectivity index (χ3v) is 5.50. The molecule has 0 atom stereocenters. The van der Waals surface area contributed by atoms with Gasteiger partial charge >= 0.3 is 0 Å². The van der Waals surface area contributed by atoms with Crippen LogP contribution in [0.2, 0.25) is 0 Å². The van der Waals surface area contributed by atoms with Crippen molar-refractivity contribution < 1.29 is 35.5 Å². The molecule has 0 fully saturated rings. The third kappa shape index (κ3) is 5.39. The Morgan fingerprint density at radius 1 is 0.733 bits per heavy atom. The molecular formula is C18H16N2O8S2. The smallest absolute Gasteiger partial charge is 0.295 e. The van der Waals surface area contributed by atoms with E-state index in [-0.39, 0.29) is 22.5 Å². The molecular weight excluding hydrogens is 436 g/mol. The van der Waals surface area contributed by atoms with E-state index in [1.807, 2.05) is 0 Å². The van der Waals surface area contributed by atoms with Crippen LogP contribution in [0.5, 0.6) is 0 Å². The van der Waals surface area contributed by atoms with E-state index >= 15 is 0 Å². The fourth-order valence-corrected chi connectivity index (χ4v) is 3.92. The van der Waals surface area contributed by atoms with Gasteiger partial charge in [-0.2, -0.15) is 16.8 Å². The fourth-order valence-electron chi connectivity index (χ4n) is 2.46. The van der Waals surface area contributed by atoms with Crippen molar-refractivity contribution in [3.8, 4) is 11.1 Å². The van der Waals surface area contributed by atoms with Crippen LogP contribution in [0.4, 0.5) is 11.4 Å². The second-order valence-electron chi connectivity index (χ2n) is 5.76. The first kappa shape index (κ1) is 23.0. The van der Waals surface area contributed by atoms with Crippen molar-refractivity contribution in [1.29, 1.82) is 0 Å². The van der Waals surface area contributed by atoms with Crippen LogP contribution >= 0.6 is 0 Å². The molecule has 0 bridgehead atoms. The number of amides is 2. The Kier molecular flexibility index (Phi) is 6.57. The van der Waals surface area contributed by atoms with E-state index in [2.05, 4.69) is 23.8 Å². The number of rotatable bonds is 7. The van der Waals surface area contributed by atoms with Crippen molar-refractivity contribution in [3.05, 3.63) is 61.7 Å². The highest BCUT2D eigenvalue weighted by atomic mass is 32.2. The summed E-state index contributed by atoms with van der Waals surface area (Å²) in [6, 6.07) is 6.60. The average Bonchev–Trinajstić information content (AvgIpc) is 2.66. The maximum absolute atomic E-state index is 11.9. The first-order chi connectivity index (χ1) is 13.9. The Bertz CT molecular complexity index is 1170. The van der Waals surface area contributed by atoms with Crippen molar-refractivity contribution in [2.45, 2.75) is 9.79 Å². The van der Waals surface area contributed by atoms with Gasteiger partial charge in [0.05, 0.1) is 0 Å². The van der Waals surface area contributed by atoms with Gasteiger partial charge in [0.1, 0.15) is 9.79 Å². The fraction of sp³-hybridized carbons (Fsp3) is 0. The largest absolute Gasteiger partial charge is 0.322 e. The average molecular weight is 452 g/mol. The van der Waals surface area contributed by atoms with Gasteiger partial charge in [0.15, 0.2) is 0 Å². The molecule has 12 heteroatoms. The van der Waals surface area contributed by atoms with Gasteiger partial charge in [-0.3, -0.25) is 18.7 Å². The highest BCUT2D eigenvalue weighted by Gasteiger charge is 2.24. The molecule has 0 aliphatic heterocycles. The molecule has 2 aromatic carbocycles. The van der Waals surface area contributed by atoms with Crippen molar-refractivity contribution >= 4 is 43.4 Å². The molecule has 0 aliphatic rings. The Morgan fingerprint density at radius 2 is 1.07 bits per heavy atom. The van der Waals surface area contributed by atoms with E-state index < -0.39 is 41.8 Å². The SMILES string of the molecule is C=CC(=O)Nc1ccc(-c2ccc(NC(=O)C=C)cc2S(=O)(=O)O)c(S(=O)(=O)O)c1. The van der Waals surface area contributed by atoms with Crippen LogP contribution in [0.3, 0.4) is 0 Å². The van der Waals surface area contributed by atoms with Crippen LogP contribution < -0.4 is 10.6 Å². The van der Waals surface area contributed by atoms with E-state index in [1.165, 1.54) is 12.1 Å². The second-order valence-corrected chi connectivity index (χ2v) is 8.54. The van der Waals surface area contributed by atoms with E-state index in [0.717, 1.165) is 36.4 Å². The molecule has 0 spiro atoms. The molecule has 2 amide bonds. The number of nitrogens with one attached hydrogen (secondary N) is 2. The molecule has 10 nitrogen and oxygen atoms in total. The summed E-state index contributed by atoms with van der Waals surface area (Å²) in [6.45, 7) is 6.51. The van der Waals surface area contributed by atoms with Gasteiger partial charge in [-0.1, -0.05) is 25.3 Å². The minimum atomic E-state index is -4.88. The molecule has 0 saturated heterocycles.